The Bertz CT molecular complexity index is 1400. The standard InChI is InChI=1S/C26H21N3O3/c1-26(2,25(31)32)17-7-9-21-23(13-17)29-24(30)20-8-6-15(12-22(20)28-21)18-5-3-4-16-14-27-11-10-19(16)18/h3-14,28H,1-2H3,(H,29,30)(H,31,32). The van der Waals surface area contributed by atoms with Crippen molar-refractivity contribution in [1.82, 2.24) is 4.98 Å². The first-order valence-corrected chi connectivity index (χ1v) is 10.3. The normalized spacial score (nSPS) is 12.9. The van der Waals surface area contributed by atoms with Crippen LogP contribution in [0.25, 0.3) is 21.9 Å². The number of anilines is 3. The molecule has 0 atom stereocenters. The second-order valence-electron chi connectivity index (χ2n) is 8.43. The Morgan fingerprint density at radius 3 is 2.56 bits per heavy atom. The molecule has 0 bridgehead atoms. The van der Waals surface area contributed by atoms with Crippen LogP contribution >= 0.6 is 0 Å². The molecule has 2 heterocycles. The van der Waals surface area contributed by atoms with Crippen LogP contribution in [0.5, 0.6) is 0 Å². The van der Waals surface area contributed by atoms with Crippen LogP contribution in [-0.2, 0) is 10.2 Å². The number of nitrogens with zero attached hydrogens (tertiary/aromatic N) is 1. The minimum atomic E-state index is -1.07. The Morgan fingerprint density at radius 1 is 0.906 bits per heavy atom. The molecule has 0 aliphatic carbocycles. The predicted molar refractivity (Wildman–Crippen MR) is 126 cm³/mol. The van der Waals surface area contributed by atoms with E-state index in [0.717, 1.165) is 21.9 Å². The molecule has 0 fully saturated rings. The maximum absolute atomic E-state index is 12.9. The third-order valence-electron chi connectivity index (χ3n) is 6.05. The molecule has 0 saturated carbocycles. The fourth-order valence-corrected chi connectivity index (χ4v) is 3.99. The van der Waals surface area contributed by atoms with E-state index in [1.165, 1.54) is 0 Å². The smallest absolute Gasteiger partial charge is 0.313 e. The monoisotopic (exact) mass is 423 g/mol. The topological polar surface area (TPSA) is 91.3 Å². The van der Waals surface area contributed by atoms with Crippen molar-refractivity contribution >= 4 is 39.7 Å². The summed E-state index contributed by atoms with van der Waals surface area (Å²) in [5, 5.41) is 18.0. The van der Waals surface area contributed by atoms with Gasteiger partial charge in [-0.05, 0) is 66.3 Å². The van der Waals surface area contributed by atoms with Gasteiger partial charge in [0.15, 0.2) is 0 Å². The maximum atomic E-state index is 12.9. The molecule has 0 radical (unpaired) electrons. The number of carboxylic acids is 1. The lowest BCUT2D eigenvalue weighted by atomic mass is 9.84. The minimum Gasteiger partial charge on any atom is -0.481 e. The molecule has 3 aromatic carbocycles. The third kappa shape index (κ3) is 3.17. The van der Waals surface area contributed by atoms with Crippen LogP contribution in [0.15, 0.2) is 73.1 Å². The van der Waals surface area contributed by atoms with E-state index < -0.39 is 11.4 Å². The van der Waals surface area contributed by atoms with E-state index in [2.05, 4.69) is 21.7 Å². The number of rotatable bonds is 3. The number of aliphatic carboxylic acids is 1. The molecule has 6 heteroatoms. The molecule has 1 aromatic heterocycles. The van der Waals surface area contributed by atoms with Gasteiger partial charge in [-0.2, -0.15) is 0 Å². The zero-order valence-electron chi connectivity index (χ0n) is 17.6. The maximum Gasteiger partial charge on any atom is 0.313 e. The van der Waals surface area contributed by atoms with E-state index in [1.54, 1.807) is 44.3 Å². The Labute approximate surface area is 184 Å². The second-order valence-corrected chi connectivity index (χ2v) is 8.43. The van der Waals surface area contributed by atoms with Gasteiger partial charge in [-0.15, -0.1) is 0 Å². The largest absolute Gasteiger partial charge is 0.481 e. The molecule has 6 nitrogen and oxygen atoms in total. The van der Waals surface area contributed by atoms with Crippen LogP contribution in [-0.4, -0.2) is 22.0 Å². The Hall–Kier alpha value is -4.19. The molecule has 1 aliphatic rings. The molecule has 0 spiro atoms. The summed E-state index contributed by atoms with van der Waals surface area (Å²) < 4.78 is 0. The van der Waals surface area contributed by atoms with E-state index in [9.17, 15) is 14.7 Å². The summed E-state index contributed by atoms with van der Waals surface area (Å²) in [5.41, 5.74) is 4.04. The predicted octanol–water partition coefficient (Wildman–Crippen LogP) is 5.57. The van der Waals surface area contributed by atoms with Gasteiger partial charge in [0.05, 0.1) is 28.0 Å². The lowest BCUT2D eigenvalue weighted by molar-refractivity contribution is -0.142. The van der Waals surface area contributed by atoms with Crippen LogP contribution in [0, 0.1) is 0 Å². The summed E-state index contributed by atoms with van der Waals surface area (Å²) in [6.07, 6.45) is 3.61. The first-order chi connectivity index (χ1) is 15.3. The average molecular weight is 423 g/mol. The van der Waals surface area contributed by atoms with Gasteiger partial charge in [0.25, 0.3) is 5.91 Å². The summed E-state index contributed by atoms with van der Waals surface area (Å²) in [7, 11) is 0. The number of nitrogens with one attached hydrogen (secondary N) is 2. The van der Waals surface area contributed by atoms with E-state index in [-0.39, 0.29) is 5.91 Å². The summed E-state index contributed by atoms with van der Waals surface area (Å²) in [4.78, 5) is 28.8. The molecule has 32 heavy (non-hydrogen) atoms. The van der Waals surface area contributed by atoms with Crippen molar-refractivity contribution in [2.24, 2.45) is 0 Å². The molecule has 0 saturated heterocycles. The van der Waals surface area contributed by atoms with Gasteiger partial charge >= 0.3 is 5.97 Å². The summed E-state index contributed by atoms with van der Waals surface area (Å²) in [5.74, 6) is -1.17. The summed E-state index contributed by atoms with van der Waals surface area (Å²) >= 11 is 0. The van der Waals surface area contributed by atoms with Crippen LogP contribution in [0.4, 0.5) is 17.1 Å². The molecular formula is C26H21N3O3. The van der Waals surface area contributed by atoms with Gasteiger partial charge < -0.3 is 15.7 Å². The zero-order valence-corrected chi connectivity index (χ0v) is 17.6. The van der Waals surface area contributed by atoms with Crippen molar-refractivity contribution in [3.05, 3.63) is 84.2 Å². The Morgan fingerprint density at radius 2 is 1.75 bits per heavy atom. The van der Waals surface area contributed by atoms with E-state index in [1.807, 2.05) is 36.5 Å². The highest BCUT2D eigenvalue weighted by molar-refractivity contribution is 6.13. The van der Waals surface area contributed by atoms with Gasteiger partial charge in [0, 0.05) is 17.8 Å². The van der Waals surface area contributed by atoms with Crippen molar-refractivity contribution in [3.8, 4) is 11.1 Å². The number of hydrogen-bond donors (Lipinski definition) is 3. The quantitative estimate of drug-likeness (QED) is 0.400. The average Bonchev–Trinajstić information content (AvgIpc) is 2.93. The number of hydrogen-bond acceptors (Lipinski definition) is 4. The Balaban J connectivity index is 1.59. The minimum absolute atomic E-state index is 0.245. The molecule has 0 unspecified atom stereocenters. The van der Waals surface area contributed by atoms with Crippen molar-refractivity contribution in [3.63, 3.8) is 0 Å². The number of carboxylic acid groups (broad SMARTS) is 1. The van der Waals surface area contributed by atoms with Gasteiger partial charge in [0.2, 0.25) is 0 Å². The van der Waals surface area contributed by atoms with Crippen LogP contribution in [0.3, 0.4) is 0 Å². The van der Waals surface area contributed by atoms with Crippen LogP contribution in [0.2, 0.25) is 0 Å². The Kier molecular flexibility index (Phi) is 4.44. The van der Waals surface area contributed by atoms with Gasteiger partial charge in [-0.1, -0.05) is 30.3 Å². The number of aromatic nitrogens is 1. The molecule has 4 aromatic rings. The first-order valence-electron chi connectivity index (χ1n) is 10.3. The zero-order chi connectivity index (χ0) is 22.5. The van der Waals surface area contributed by atoms with E-state index in [0.29, 0.717) is 28.2 Å². The van der Waals surface area contributed by atoms with Crippen molar-refractivity contribution in [1.29, 1.82) is 0 Å². The van der Waals surface area contributed by atoms with Gasteiger partial charge in [-0.3, -0.25) is 14.6 Å². The number of fused-ring (bicyclic) bond motifs is 3. The first kappa shape index (κ1) is 19.8. The highest BCUT2D eigenvalue weighted by atomic mass is 16.4. The molecule has 1 amide bonds. The van der Waals surface area contributed by atoms with E-state index in [4.69, 9.17) is 0 Å². The van der Waals surface area contributed by atoms with Crippen LogP contribution in [0.1, 0.15) is 29.8 Å². The van der Waals surface area contributed by atoms with Gasteiger partial charge in [0.1, 0.15) is 0 Å². The fourth-order valence-electron chi connectivity index (χ4n) is 3.99. The van der Waals surface area contributed by atoms with Crippen LogP contribution < -0.4 is 10.6 Å². The number of benzene rings is 3. The molecule has 3 N–H and O–H groups in total. The molecular weight excluding hydrogens is 402 g/mol. The van der Waals surface area contributed by atoms with Crippen molar-refractivity contribution in [2.75, 3.05) is 10.6 Å². The number of carbonyl (C=O) groups excluding carboxylic acids is 1. The van der Waals surface area contributed by atoms with Crippen molar-refractivity contribution < 1.29 is 14.7 Å². The number of pyridine rings is 1. The third-order valence-corrected chi connectivity index (χ3v) is 6.05. The molecule has 158 valence electrons. The fraction of sp³-hybridized carbons (Fsp3) is 0.115. The molecule has 5 rings (SSSR count). The SMILES string of the molecule is CC(C)(C(=O)O)c1ccc2c(c1)NC(=O)c1ccc(-c3cccc4cnccc34)cc1N2. The highest BCUT2D eigenvalue weighted by Crippen LogP contribution is 2.38. The summed E-state index contributed by atoms with van der Waals surface area (Å²) in [6, 6.07) is 19.1. The second kappa shape index (κ2) is 7.20. The van der Waals surface area contributed by atoms with Crippen molar-refractivity contribution in [2.45, 2.75) is 19.3 Å². The summed E-state index contributed by atoms with van der Waals surface area (Å²) in [6.45, 7) is 3.29. The lowest BCUT2D eigenvalue weighted by Gasteiger charge is -2.21. The lowest BCUT2D eigenvalue weighted by Crippen LogP contribution is -2.28. The van der Waals surface area contributed by atoms with E-state index >= 15 is 0 Å². The highest BCUT2D eigenvalue weighted by Gasteiger charge is 2.31. The van der Waals surface area contributed by atoms with Gasteiger partial charge in [-0.25, -0.2) is 0 Å². The number of carbonyl (C=O) groups is 2. The molecule has 1 aliphatic heterocycles. The number of amides is 1.